The van der Waals surface area contributed by atoms with Gasteiger partial charge in [-0.25, -0.2) is 0 Å². The molecule has 82 heavy (non-hydrogen) atoms. The van der Waals surface area contributed by atoms with E-state index >= 15 is 0 Å². The van der Waals surface area contributed by atoms with Gasteiger partial charge in [-0.05, 0) is 217 Å². The van der Waals surface area contributed by atoms with Crippen LogP contribution in [0.4, 0.5) is 62.6 Å². The maximum atomic E-state index is 2.44. The van der Waals surface area contributed by atoms with Gasteiger partial charge in [0.05, 0.1) is 0 Å². The van der Waals surface area contributed by atoms with Crippen LogP contribution in [-0.2, 0) is 0 Å². The fraction of sp³-hybridized carbons (Fsp3) is 0.0256. The standard InChI is InChI=1S/C78H56N4/c1-7-19-63(20-8-1)79(64-21-9-2-10-22-64)69-41-37-55(38-42-69)56-39-43-70(44-40-56)82(72-46-48-76-58(50-72)32-31-57-49-71(45-47-75(57)76)80(65-23-11-3-12-24-65)66-25-13-4-14-26-66)74-53-61-35-33-59-51-73(52-60-34-36-62(54-74)78(61)77(59)60)81(67-27-15-5-16-28-67)68-29-17-6-18-30-68/h1-9,11-21,23-54H,10,22H2. The minimum Gasteiger partial charge on any atom is -0.314 e. The number of benzene rings is 14. The summed E-state index contributed by atoms with van der Waals surface area (Å²) in [6.45, 7) is 0. The molecule has 0 unspecified atom stereocenters. The molecule has 0 spiro atoms. The molecule has 0 amide bonds. The number of allylic oxidation sites excluding steroid dienone is 4. The summed E-state index contributed by atoms with van der Waals surface area (Å²) in [7, 11) is 0. The predicted molar refractivity (Wildman–Crippen MR) is 350 cm³/mol. The average molecular weight is 1050 g/mol. The Balaban J connectivity index is 0.829. The van der Waals surface area contributed by atoms with Gasteiger partial charge < -0.3 is 19.6 Å². The van der Waals surface area contributed by atoms with Crippen LogP contribution in [0.2, 0.25) is 0 Å². The Bertz CT molecular complexity index is 4510. The van der Waals surface area contributed by atoms with Gasteiger partial charge in [0.1, 0.15) is 0 Å². The van der Waals surface area contributed by atoms with Crippen LogP contribution >= 0.6 is 0 Å². The van der Waals surface area contributed by atoms with Crippen molar-refractivity contribution in [3.8, 4) is 11.1 Å². The predicted octanol–water partition coefficient (Wildman–Crippen LogP) is 22.3. The summed E-state index contributed by atoms with van der Waals surface area (Å²) in [4.78, 5) is 9.51. The monoisotopic (exact) mass is 1050 g/mol. The molecule has 0 fully saturated rings. The van der Waals surface area contributed by atoms with Gasteiger partial charge >= 0.3 is 0 Å². The van der Waals surface area contributed by atoms with Gasteiger partial charge in [-0.1, -0.05) is 176 Å². The fourth-order valence-electron chi connectivity index (χ4n) is 12.5. The van der Waals surface area contributed by atoms with Crippen molar-refractivity contribution in [2.45, 2.75) is 12.8 Å². The van der Waals surface area contributed by atoms with Crippen LogP contribution in [0.25, 0.3) is 65.0 Å². The minimum absolute atomic E-state index is 1.000. The van der Waals surface area contributed by atoms with Gasteiger partial charge in [0.2, 0.25) is 0 Å². The molecule has 0 atom stereocenters. The molecule has 4 nitrogen and oxygen atoms in total. The van der Waals surface area contributed by atoms with Crippen LogP contribution in [0.1, 0.15) is 12.8 Å². The van der Waals surface area contributed by atoms with Crippen LogP contribution in [-0.4, -0.2) is 0 Å². The van der Waals surface area contributed by atoms with Crippen LogP contribution < -0.4 is 19.6 Å². The van der Waals surface area contributed by atoms with Crippen molar-refractivity contribution < 1.29 is 0 Å². The first-order valence-electron chi connectivity index (χ1n) is 28.4. The van der Waals surface area contributed by atoms with Gasteiger partial charge in [0, 0.05) is 68.3 Å². The zero-order chi connectivity index (χ0) is 54.3. The number of rotatable bonds is 13. The zero-order valence-corrected chi connectivity index (χ0v) is 45.2. The molecule has 0 bridgehead atoms. The summed E-state index contributed by atoms with van der Waals surface area (Å²) in [5, 5.41) is 12.2. The molecule has 1 aliphatic carbocycles. The third kappa shape index (κ3) is 8.93. The smallest absolute Gasteiger partial charge is 0.0473 e. The molecule has 0 saturated heterocycles. The van der Waals surface area contributed by atoms with Gasteiger partial charge in [0.15, 0.2) is 0 Å². The largest absolute Gasteiger partial charge is 0.314 e. The second-order valence-corrected chi connectivity index (χ2v) is 21.3. The number of hydrogen-bond donors (Lipinski definition) is 0. The Morgan fingerprint density at radius 3 is 0.890 bits per heavy atom. The number of nitrogens with zero attached hydrogens (tertiary/aromatic N) is 4. The quantitative estimate of drug-likeness (QED) is 0.107. The maximum Gasteiger partial charge on any atom is 0.0473 e. The molecule has 14 aromatic carbocycles. The van der Waals surface area contributed by atoms with E-state index in [1.165, 1.54) is 70.8 Å². The Kier molecular flexibility index (Phi) is 12.3. The summed E-state index contributed by atoms with van der Waals surface area (Å²) in [6.07, 6.45) is 8.71. The second kappa shape index (κ2) is 20.8. The minimum atomic E-state index is 1.000. The molecule has 0 aromatic heterocycles. The lowest BCUT2D eigenvalue weighted by molar-refractivity contribution is 0.918. The highest BCUT2D eigenvalue weighted by Crippen LogP contribution is 2.46. The third-order valence-electron chi connectivity index (χ3n) is 16.3. The molecule has 14 aromatic rings. The SMILES string of the molecule is C1=CCCC(N(c2ccccc2)c2ccc(-c3ccc(N(c4ccc5c(ccc6cc(N(c7ccccc7)c7ccccc7)ccc65)c4)c4cc5ccc6cc(N(c7ccccc7)c7ccccc7)cc7ccc(c4)c5c67)cc3)cc2)=C1. The van der Waals surface area contributed by atoms with E-state index in [1.54, 1.807) is 0 Å². The number of hydrogen-bond acceptors (Lipinski definition) is 4. The molecule has 0 aliphatic heterocycles. The topological polar surface area (TPSA) is 13.0 Å². The third-order valence-corrected chi connectivity index (χ3v) is 16.3. The zero-order valence-electron chi connectivity index (χ0n) is 45.2. The van der Waals surface area contributed by atoms with E-state index in [2.05, 4.69) is 335 Å². The van der Waals surface area contributed by atoms with Crippen molar-refractivity contribution in [2.24, 2.45) is 0 Å². The first kappa shape index (κ1) is 48.4. The molecule has 0 heterocycles. The van der Waals surface area contributed by atoms with Crippen molar-refractivity contribution in [3.63, 3.8) is 0 Å². The Hall–Kier alpha value is -10.7. The first-order chi connectivity index (χ1) is 40.6. The van der Waals surface area contributed by atoms with Gasteiger partial charge in [-0.3, -0.25) is 0 Å². The molecule has 15 rings (SSSR count). The van der Waals surface area contributed by atoms with Crippen molar-refractivity contribution in [3.05, 3.63) is 321 Å². The molecule has 1 aliphatic rings. The second-order valence-electron chi connectivity index (χ2n) is 21.3. The summed E-state index contributed by atoms with van der Waals surface area (Å²) >= 11 is 0. The number of fused-ring (bicyclic) bond motifs is 3. The number of anilines is 11. The lowest BCUT2D eigenvalue weighted by atomic mass is 9.92. The highest BCUT2D eigenvalue weighted by Gasteiger charge is 2.22. The van der Waals surface area contributed by atoms with Crippen molar-refractivity contribution in [1.82, 2.24) is 0 Å². The van der Waals surface area contributed by atoms with E-state index in [1.807, 2.05) is 0 Å². The van der Waals surface area contributed by atoms with E-state index in [4.69, 9.17) is 0 Å². The lowest BCUT2D eigenvalue weighted by Gasteiger charge is -2.29. The van der Waals surface area contributed by atoms with Crippen molar-refractivity contribution >= 4 is 116 Å². The first-order valence-corrected chi connectivity index (χ1v) is 28.4. The Morgan fingerprint density at radius 2 is 0.524 bits per heavy atom. The summed E-state index contributed by atoms with van der Waals surface area (Å²) < 4.78 is 0. The molecule has 0 saturated carbocycles. The fourth-order valence-corrected chi connectivity index (χ4v) is 12.5. The molecule has 0 radical (unpaired) electrons. The maximum absolute atomic E-state index is 2.44. The summed E-state index contributed by atoms with van der Waals surface area (Å²) in [5.41, 5.74) is 16.0. The van der Waals surface area contributed by atoms with E-state index in [9.17, 15) is 0 Å². The van der Waals surface area contributed by atoms with E-state index < -0.39 is 0 Å². The molecule has 4 heteroatoms. The highest BCUT2D eigenvalue weighted by atomic mass is 15.2. The van der Waals surface area contributed by atoms with Crippen LogP contribution in [0.5, 0.6) is 0 Å². The van der Waals surface area contributed by atoms with E-state index in [-0.39, 0.29) is 0 Å². The van der Waals surface area contributed by atoms with Crippen LogP contribution in [0.3, 0.4) is 0 Å². The average Bonchev–Trinajstić information content (AvgIpc) is 3.20. The molecular weight excluding hydrogens is 993 g/mol. The van der Waals surface area contributed by atoms with Gasteiger partial charge in [-0.2, -0.15) is 0 Å². The Morgan fingerprint density at radius 1 is 0.232 bits per heavy atom. The normalized spacial score (nSPS) is 12.3. The summed E-state index contributed by atoms with van der Waals surface area (Å²) in [5.74, 6) is 0. The van der Waals surface area contributed by atoms with Crippen molar-refractivity contribution in [1.29, 1.82) is 0 Å². The molecular formula is C78H56N4. The highest BCUT2D eigenvalue weighted by molar-refractivity contribution is 6.25. The molecule has 0 N–H and O–H groups in total. The van der Waals surface area contributed by atoms with Gasteiger partial charge in [0.25, 0.3) is 0 Å². The molecule has 388 valence electrons. The lowest BCUT2D eigenvalue weighted by Crippen LogP contribution is -2.17. The Labute approximate surface area is 478 Å². The summed E-state index contributed by atoms with van der Waals surface area (Å²) in [6, 6.07) is 109. The van der Waals surface area contributed by atoms with Crippen LogP contribution in [0, 0.1) is 0 Å². The van der Waals surface area contributed by atoms with Crippen molar-refractivity contribution in [2.75, 3.05) is 19.6 Å². The van der Waals surface area contributed by atoms with Gasteiger partial charge in [-0.15, -0.1) is 0 Å². The van der Waals surface area contributed by atoms with E-state index in [0.29, 0.717) is 0 Å². The van der Waals surface area contributed by atoms with E-state index in [0.717, 1.165) is 75.3 Å². The van der Waals surface area contributed by atoms with Crippen LogP contribution in [0.15, 0.2) is 321 Å². The number of para-hydroxylation sites is 5.